The fraction of sp³-hybridized carbons (Fsp3) is 0.0667. The SMILES string of the molecule is N#Cc1ccccc1NC(=O)CSc1ccc(O)cc1. The monoisotopic (exact) mass is 284 g/mol. The number of hydrogen-bond acceptors (Lipinski definition) is 4. The first-order chi connectivity index (χ1) is 9.69. The summed E-state index contributed by atoms with van der Waals surface area (Å²) in [5.41, 5.74) is 0.960. The molecule has 0 saturated carbocycles. The third-order valence-corrected chi connectivity index (χ3v) is 3.54. The summed E-state index contributed by atoms with van der Waals surface area (Å²) in [5.74, 6) is 0.261. The maximum absolute atomic E-state index is 11.8. The van der Waals surface area contributed by atoms with Gasteiger partial charge in [-0.3, -0.25) is 4.79 Å². The molecule has 2 aromatic rings. The minimum absolute atomic E-state index is 0.175. The number of rotatable bonds is 4. The van der Waals surface area contributed by atoms with E-state index >= 15 is 0 Å². The molecule has 0 aliphatic heterocycles. The number of thioether (sulfide) groups is 1. The van der Waals surface area contributed by atoms with Gasteiger partial charge in [-0.05, 0) is 36.4 Å². The van der Waals surface area contributed by atoms with Gasteiger partial charge < -0.3 is 10.4 Å². The molecular weight excluding hydrogens is 272 g/mol. The van der Waals surface area contributed by atoms with E-state index in [9.17, 15) is 4.79 Å². The number of nitrogens with zero attached hydrogens (tertiary/aromatic N) is 1. The van der Waals surface area contributed by atoms with Crippen molar-refractivity contribution in [2.45, 2.75) is 4.90 Å². The lowest BCUT2D eigenvalue weighted by Crippen LogP contribution is -2.14. The van der Waals surface area contributed by atoms with Crippen LogP contribution in [0, 0.1) is 11.3 Å². The van der Waals surface area contributed by atoms with Gasteiger partial charge in [-0.15, -0.1) is 11.8 Å². The first kappa shape index (κ1) is 14.0. The predicted octanol–water partition coefficient (Wildman–Crippen LogP) is 2.99. The lowest BCUT2D eigenvalue weighted by Gasteiger charge is -2.06. The van der Waals surface area contributed by atoms with Crippen molar-refractivity contribution < 1.29 is 9.90 Å². The summed E-state index contributed by atoms with van der Waals surface area (Å²) in [7, 11) is 0. The molecule has 1 amide bonds. The number of aromatic hydroxyl groups is 1. The minimum atomic E-state index is -0.175. The fourth-order valence-electron chi connectivity index (χ4n) is 1.57. The molecule has 0 atom stereocenters. The number of nitrogens with one attached hydrogen (secondary N) is 1. The number of anilines is 1. The highest BCUT2D eigenvalue weighted by atomic mass is 32.2. The van der Waals surface area contributed by atoms with Crippen molar-refractivity contribution in [2.24, 2.45) is 0 Å². The van der Waals surface area contributed by atoms with Gasteiger partial charge in [0.25, 0.3) is 0 Å². The van der Waals surface area contributed by atoms with Gasteiger partial charge in [0.2, 0.25) is 5.91 Å². The second-order valence-corrected chi connectivity index (χ2v) is 5.04. The fourth-order valence-corrected chi connectivity index (χ4v) is 2.27. The summed E-state index contributed by atoms with van der Waals surface area (Å²) >= 11 is 1.36. The van der Waals surface area contributed by atoms with Crippen molar-refractivity contribution in [1.29, 1.82) is 5.26 Å². The van der Waals surface area contributed by atoms with Crippen LogP contribution in [0.3, 0.4) is 0 Å². The van der Waals surface area contributed by atoms with E-state index in [0.29, 0.717) is 11.3 Å². The molecule has 2 N–H and O–H groups in total. The summed E-state index contributed by atoms with van der Waals surface area (Å²) in [5, 5.41) is 20.8. The quantitative estimate of drug-likeness (QED) is 0.846. The van der Waals surface area contributed by atoms with Crippen LogP contribution in [0.2, 0.25) is 0 Å². The number of benzene rings is 2. The largest absolute Gasteiger partial charge is 0.508 e. The smallest absolute Gasteiger partial charge is 0.234 e. The Balaban J connectivity index is 1.93. The third kappa shape index (κ3) is 3.77. The summed E-state index contributed by atoms with van der Waals surface area (Å²) in [6.07, 6.45) is 0. The molecule has 0 bridgehead atoms. The molecule has 5 heteroatoms. The lowest BCUT2D eigenvalue weighted by atomic mass is 10.2. The number of carbonyl (C=O) groups is 1. The van der Waals surface area contributed by atoms with E-state index in [0.717, 1.165) is 4.90 Å². The van der Waals surface area contributed by atoms with Crippen LogP contribution in [0.5, 0.6) is 5.75 Å². The Bertz CT molecular complexity index is 648. The van der Waals surface area contributed by atoms with Gasteiger partial charge >= 0.3 is 0 Å². The molecule has 0 unspecified atom stereocenters. The van der Waals surface area contributed by atoms with Gasteiger partial charge in [-0.2, -0.15) is 5.26 Å². The number of para-hydroxylation sites is 1. The molecule has 4 nitrogen and oxygen atoms in total. The van der Waals surface area contributed by atoms with Crippen LogP contribution in [0.1, 0.15) is 5.56 Å². The van der Waals surface area contributed by atoms with Crippen LogP contribution in [-0.2, 0) is 4.79 Å². The Morgan fingerprint density at radius 2 is 1.90 bits per heavy atom. The van der Waals surface area contributed by atoms with Crippen molar-refractivity contribution in [2.75, 3.05) is 11.1 Å². The van der Waals surface area contributed by atoms with E-state index in [1.165, 1.54) is 11.8 Å². The number of nitriles is 1. The van der Waals surface area contributed by atoms with Gasteiger partial charge in [-0.25, -0.2) is 0 Å². The molecule has 20 heavy (non-hydrogen) atoms. The van der Waals surface area contributed by atoms with Crippen LogP contribution in [0.25, 0.3) is 0 Å². The van der Waals surface area contributed by atoms with Crippen molar-refractivity contribution in [3.63, 3.8) is 0 Å². The molecule has 0 aliphatic carbocycles. The van der Waals surface area contributed by atoms with Crippen molar-refractivity contribution in [3.05, 3.63) is 54.1 Å². The number of phenols is 1. The second-order valence-electron chi connectivity index (χ2n) is 3.99. The van der Waals surface area contributed by atoms with Crippen molar-refractivity contribution in [3.8, 4) is 11.8 Å². The lowest BCUT2D eigenvalue weighted by molar-refractivity contribution is -0.113. The van der Waals surface area contributed by atoms with Crippen LogP contribution < -0.4 is 5.32 Å². The Morgan fingerprint density at radius 1 is 1.20 bits per heavy atom. The first-order valence-corrected chi connectivity index (χ1v) is 6.88. The third-order valence-electron chi connectivity index (χ3n) is 2.53. The van der Waals surface area contributed by atoms with Crippen LogP contribution in [-0.4, -0.2) is 16.8 Å². The Kier molecular flexibility index (Phi) is 4.64. The highest BCUT2D eigenvalue weighted by molar-refractivity contribution is 8.00. The molecule has 0 radical (unpaired) electrons. The topological polar surface area (TPSA) is 73.1 Å². The van der Waals surface area contributed by atoms with Crippen molar-refractivity contribution >= 4 is 23.4 Å². The molecule has 0 aliphatic rings. The minimum Gasteiger partial charge on any atom is -0.508 e. The average molecular weight is 284 g/mol. The van der Waals surface area contributed by atoms with Crippen LogP contribution in [0.15, 0.2) is 53.4 Å². The molecule has 0 aromatic heterocycles. The first-order valence-electron chi connectivity index (χ1n) is 5.90. The molecule has 2 rings (SSSR count). The Labute approximate surface area is 121 Å². The van der Waals surface area contributed by atoms with E-state index < -0.39 is 0 Å². The molecule has 0 saturated heterocycles. The maximum atomic E-state index is 11.8. The summed E-state index contributed by atoms with van der Waals surface area (Å²) < 4.78 is 0. The molecule has 2 aromatic carbocycles. The zero-order valence-corrected chi connectivity index (χ0v) is 11.4. The van der Waals surface area contributed by atoms with E-state index in [-0.39, 0.29) is 17.4 Å². The highest BCUT2D eigenvalue weighted by Crippen LogP contribution is 2.21. The van der Waals surface area contributed by atoms with E-state index in [1.54, 1.807) is 48.5 Å². The van der Waals surface area contributed by atoms with Gasteiger partial charge in [0.1, 0.15) is 11.8 Å². The summed E-state index contributed by atoms with van der Waals surface area (Å²) in [6.45, 7) is 0. The Morgan fingerprint density at radius 3 is 2.60 bits per heavy atom. The van der Waals surface area contributed by atoms with Gasteiger partial charge in [0, 0.05) is 4.90 Å². The van der Waals surface area contributed by atoms with E-state index in [2.05, 4.69) is 5.32 Å². The number of carbonyl (C=O) groups excluding carboxylic acids is 1. The number of hydrogen-bond donors (Lipinski definition) is 2. The van der Waals surface area contributed by atoms with Gasteiger partial charge in [0.05, 0.1) is 17.0 Å². The number of amides is 1. The van der Waals surface area contributed by atoms with Crippen LogP contribution in [0.4, 0.5) is 5.69 Å². The second kappa shape index (κ2) is 6.64. The number of phenolic OH excluding ortho intramolecular Hbond substituents is 1. The summed E-state index contributed by atoms with van der Waals surface area (Å²) in [4.78, 5) is 12.7. The van der Waals surface area contributed by atoms with Gasteiger partial charge in [0.15, 0.2) is 0 Å². The molecular formula is C15H12N2O2S. The highest BCUT2D eigenvalue weighted by Gasteiger charge is 2.06. The predicted molar refractivity (Wildman–Crippen MR) is 78.6 cm³/mol. The Hall–Kier alpha value is -2.45. The molecule has 0 spiro atoms. The zero-order chi connectivity index (χ0) is 14.4. The van der Waals surface area contributed by atoms with E-state index in [1.807, 2.05) is 6.07 Å². The van der Waals surface area contributed by atoms with Crippen LogP contribution >= 0.6 is 11.8 Å². The normalized spacial score (nSPS) is 9.75. The molecule has 100 valence electrons. The average Bonchev–Trinajstić information content (AvgIpc) is 2.47. The van der Waals surface area contributed by atoms with Crippen molar-refractivity contribution in [1.82, 2.24) is 0 Å². The van der Waals surface area contributed by atoms with Gasteiger partial charge in [-0.1, -0.05) is 12.1 Å². The summed E-state index contributed by atoms with van der Waals surface area (Å²) in [6, 6.07) is 15.5. The molecule has 0 heterocycles. The zero-order valence-electron chi connectivity index (χ0n) is 10.5. The molecule has 0 fully saturated rings. The van der Waals surface area contributed by atoms with E-state index in [4.69, 9.17) is 10.4 Å². The standard InChI is InChI=1S/C15H12N2O2S/c16-9-11-3-1-2-4-14(11)17-15(19)10-20-13-7-5-12(18)6-8-13/h1-8,18H,10H2,(H,17,19). The maximum Gasteiger partial charge on any atom is 0.234 e.